The lowest BCUT2D eigenvalue weighted by Gasteiger charge is -2.31. The van der Waals surface area contributed by atoms with Gasteiger partial charge in [0.25, 0.3) is 0 Å². The first-order valence-electron chi connectivity index (χ1n) is 10.2. The highest BCUT2D eigenvalue weighted by Crippen LogP contribution is 2.17. The number of hydrogen-bond acceptors (Lipinski definition) is 2. The summed E-state index contributed by atoms with van der Waals surface area (Å²) in [5.74, 6) is -0.586. The van der Waals surface area contributed by atoms with Gasteiger partial charge in [-0.25, -0.2) is 4.39 Å². The van der Waals surface area contributed by atoms with Crippen molar-refractivity contribution in [2.45, 2.75) is 59.5 Å². The Labute approximate surface area is 173 Å². The van der Waals surface area contributed by atoms with E-state index in [0.29, 0.717) is 13.0 Å². The molecule has 0 saturated heterocycles. The van der Waals surface area contributed by atoms with Crippen molar-refractivity contribution in [2.75, 3.05) is 6.54 Å². The molecule has 2 aromatic carbocycles. The molecule has 1 unspecified atom stereocenters. The molecule has 2 aromatic rings. The molecule has 0 fully saturated rings. The summed E-state index contributed by atoms with van der Waals surface area (Å²) < 4.78 is 13.3. The van der Waals surface area contributed by atoms with E-state index in [1.165, 1.54) is 12.1 Å². The quantitative estimate of drug-likeness (QED) is 0.684. The van der Waals surface area contributed by atoms with Crippen LogP contribution in [-0.2, 0) is 22.6 Å². The van der Waals surface area contributed by atoms with Gasteiger partial charge >= 0.3 is 0 Å². The maximum Gasteiger partial charge on any atom is 0.242 e. The molecule has 0 spiro atoms. The van der Waals surface area contributed by atoms with Crippen LogP contribution in [0.5, 0.6) is 0 Å². The zero-order valence-electron chi connectivity index (χ0n) is 17.8. The number of rotatable bonds is 9. The Balaban J connectivity index is 2.29. The second-order valence-corrected chi connectivity index (χ2v) is 7.54. The summed E-state index contributed by atoms with van der Waals surface area (Å²) in [7, 11) is 0. The maximum atomic E-state index is 13.3. The number of carbonyl (C=O) groups is 2. The number of nitrogens with zero attached hydrogens (tertiary/aromatic N) is 1. The monoisotopic (exact) mass is 398 g/mol. The largest absolute Gasteiger partial charge is 0.354 e. The van der Waals surface area contributed by atoms with Crippen molar-refractivity contribution < 1.29 is 14.0 Å². The van der Waals surface area contributed by atoms with Gasteiger partial charge in [0.1, 0.15) is 11.9 Å². The topological polar surface area (TPSA) is 49.4 Å². The number of hydrogen-bond donors (Lipinski definition) is 1. The second kappa shape index (κ2) is 10.7. The van der Waals surface area contributed by atoms with Crippen molar-refractivity contribution in [2.24, 2.45) is 0 Å². The Hall–Kier alpha value is -2.69. The molecule has 0 bridgehead atoms. The predicted molar refractivity (Wildman–Crippen MR) is 114 cm³/mol. The Morgan fingerprint density at radius 2 is 1.62 bits per heavy atom. The van der Waals surface area contributed by atoms with Crippen LogP contribution >= 0.6 is 0 Å². The summed E-state index contributed by atoms with van der Waals surface area (Å²) in [6.45, 7) is 8.74. The minimum Gasteiger partial charge on any atom is -0.354 e. The van der Waals surface area contributed by atoms with Crippen molar-refractivity contribution in [3.05, 3.63) is 70.5 Å². The molecule has 2 rings (SSSR count). The lowest BCUT2D eigenvalue weighted by molar-refractivity contribution is -0.140. The van der Waals surface area contributed by atoms with E-state index < -0.39 is 6.04 Å². The normalized spacial score (nSPS) is 11.8. The lowest BCUT2D eigenvalue weighted by atomic mass is 10.0. The Morgan fingerprint density at radius 3 is 2.17 bits per heavy atom. The minimum absolute atomic E-state index is 0.113. The van der Waals surface area contributed by atoms with E-state index in [9.17, 15) is 14.0 Å². The van der Waals surface area contributed by atoms with Crippen molar-refractivity contribution in [3.63, 3.8) is 0 Å². The molecule has 0 aliphatic carbocycles. The standard InChI is InChI=1S/C24H31FN2O2/c1-5-11-26-24(29)22(6-2)27(16-19-7-9-21(25)10-8-19)23(28)15-20-13-17(3)12-18(4)14-20/h7-10,12-14,22H,5-6,11,15-16H2,1-4H3,(H,26,29). The summed E-state index contributed by atoms with van der Waals surface area (Å²) in [6.07, 6.45) is 1.56. The van der Waals surface area contributed by atoms with Crippen molar-refractivity contribution in [1.29, 1.82) is 0 Å². The third-order valence-electron chi connectivity index (χ3n) is 4.84. The summed E-state index contributed by atoms with van der Waals surface area (Å²) >= 11 is 0. The number of aryl methyl sites for hydroxylation is 2. The van der Waals surface area contributed by atoms with Gasteiger partial charge in [-0.1, -0.05) is 55.3 Å². The fraction of sp³-hybridized carbons (Fsp3) is 0.417. The second-order valence-electron chi connectivity index (χ2n) is 7.54. The van der Waals surface area contributed by atoms with Gasteiger partial charge in [-0.2, -0.15) is 0 Å². The Morgan fingerprint density at radius 1 is 1.00 bits per heavy atom. The van der Waals surface area contributed by atoms with E-state index >= 15 is 0 Å². The van der Waals surface area contributed by atoms with Crippen molar-refractivity contribution in [3.8, 4) is 0 Å². The highest BCUT2D eigenvalue weighted by atomic mass is 19.1. The third-order valence-corrected chi connectivity index (χ3v) is 4.84. The molecular formula is C24H31FN2O2. The third kappa shape index (κ3) is 6.70. The van der Waals surface area contributed by atoms with Crippen LogP contribution in [0.15, 0.2) is 42.5 Å². The zero-order chi connectivity index (χ0) is 21.4. The van der Waals surface area contributed by atoms with Gasteiger partial charge in [-0.05, 0) is 49.9 Å². The van der Waals surface area contributed by atoms with E-state index in [-0.39, 0.29) is 30.6 Å². The summed E-state index contributed by atoms with van der Waals surface area (Å²) in [5.41, 5.74) is 3.93. The van der Waals surface area contributed by atoms with E-state index in [0.717, 1.165) is 28.7 Å². The predicted octanol–water partition coefficient (Wildman–Crippen LogP) is 4.32. The number of benzene rings is 2. The van der Waals surface area contributed by atoms with Gasteiger partial charge in [0, 0.05) is 13.1 Å². The molecule has 0 aromatic heterocycles. The highest BCUT2D eigenvalue weighted by Gasteiger charge is 2.28. The number of halogens is 1. The van der Waals surface area contributed by atoms with Gasteiger partial charge in [0.05, 0.1) is 6.42 Å². The summed E-state index contributed by atoms with van der Waals surface area (Å²) in [5, 5.41) is 2.90. The number of nitrogens with one attached hydrogen (secondary N) is 1. The molecule has 0 saturated carbocycles. The molecular weight excluding hydrogens is 367 g/mol. The van der Waals surface area contributed by atoms with Crippen LogP contribution in [0.3, 0.4) is 0 Å². The molecule has 5 heteroatoms. The number of carbonyl (C=O) groups excluding carboxylic acids is 2. The van der Waals surface area contributed by atoms with E-state index in [4.69, 9.17) is 0 Å². The Kier molecular flexibility index (Phi) is 8.37. The molecule has 2 amide bonds. The highest BCUT2D eigenvalue weighted by molar-refractivity contribution is 5.88. The molecule has 1 N–H and O–H groups in total. The van der Waals surface area contributed by atoms with Gasteiger partial charge < -0.3 is 10.2 Å². The molecule has 1 atom stereocenters. The molecule has 0 radical (unpaired) electrons. The average Bonchev–Trinajstić information content (AvgIpc) is 2.66. The molecule has 29 heavy (non-hydrogen) atoms. The van der Waals surface area contributed by atoms with E-state index in [2.05, 4.69) is 11.4 Å². The first-order chi connectivity index (χ1) is 13.8. The van der Waals surface area contributed by atoms with Crippen molar-refractivity contribution >= 4 is 11.8 Å². The van der Waals surface area contributed by atoms with E-state index in [1.54, 1.807) is 17.0 Å². The first-order valence-corrected chi connectivity index (χ1v) is 10.2. The lowest BCUT2D eigenvalue weighted by Crippen LogP contribution is -2.49. The van der Waals surface area contributed by atoms with Gasteiger partial charge in [-0.15, -0.1) is 0 Å². The van der Waals surface area contributed by atoms with E-state index in [1.807, 2.05) is 39.8 Å². The van der Waals surface area contributed by atoms with Crippen LogP contribution < -0.4 is 5.32 Å². The SMILES string of the molecule is CCCNC(=O)C(CC)N(Cc1ccc(F)cc1)C(=O)Cc1cc(C)cc(C)c1. The fourth-order valence-corrected chi connectivity index (χ4v) is 3.52. The maximum absolute atomic E-state index is 13.3. The fourth-order valence-electron chi connectivity index (χ4n) is 3.52. The van der Waals surface area contributed by atoms with Gasteiger partial charge in [0.15, 0.2) is 0 Å². The van der Waals surface area contributed by atoms with Crippen LogP contribution in [0.4, 0.5) is 4.39 Å². The van der Waals surface area contributed by atoms with Crippen LogP contribution in [-0.4, -0.2) is 29.3 Å². The first kappa shape index (κ1) is 22.6. The van der Waals surface area contributed by atoms with Crippen LogP contribution in [0.1, 0.15) is 48.9 Å². The summed E-state index contributed by atoms with van der Waals surface area (Å²) in [4.78, 5) is 27.6. The number of amides is 2. The smallest absolute Gasteiger partial charge is 0.242 e. The molecule has 4 nitrogen and oxygen atoms in total. The van der Waals surface area contributed by atoms with Crippen LogP contribution in [0.2, 0.25) is 0 Å². The average molecular weight is 399 g/mol. The molecule has 0 aliphatic rings. The minimum atomic E-state index is -0.565. The molecule has 0 aliphatic heterocycles. The van der Waals surface area contributed by atoms with Crippen molar-refractivity contribution in [1.82, 2.24) is 10.2 Å². The Bertz CT molecular complexity index is 813. The molecule has 156 valence electrons. The van der Waals surface area contributed by atoms with Gasteiger partial charge in [0.2, 0.25) is 11.8 Å². The zero-order valence-corrected chi connectivity index (χ0v) is 17.8. The van der Waals surface area contributed by atoms with Crippen LogP contribution in [0, 0.1) is 19.7 Å². The molecule has 0 heterocycles. The summed E-state index contributed by atoms with van der Waals surface area (Å²) in [6, 6.07) is 11.6. The van der Waals surface area contributed by atoms with Crippen LogP contribution in [0.25, 0.3) is 0 Å². The van der Waals surface area contributed by atoms with Gasteiger partial charge in [-0.3, -0.25) is 9.59 Å².